The number of hydrogen-bond acceptors (Lipinski definition) is 8. The Balaban J connectivity index is 5.77. The van der Waals surface area contributed by atoms with Gasteiger partial charge in [-0.25, -0.2) is 14.4 Å². The Bertz CT molecular complexity index is 650. The Morgan fingerprint density at radius 1 is 0.600 bits per heavy atom. The van der Waals surface area contributed by atoms with Gasteiger partial charge < -0.3 is 18.9 Å². The maximum absolute atomic E-state index is 12.3. The molecule has 0 aliphatic rings. The van der Waals surface area contributed by atoms with Crippen LogP contribution in [0, 0.1) is 10.8 Å². The highest BCUT2D eigenvalue weighted by Crippen LogP contribution is 2.25. The quantitative estimate of drug-likeness (QED) is 0.283. The van der Waals surface area contributed by atoms with Gasteiger partial charge in [0.25, 0.3) is 0 Å². The van der Waals surface area contributed by atoms with E-state index in [1.165, 1.54) is 20.8 Å². The van der Waals surface area contributed by atoms with Crippen molar-refractivity contribution < 1.29 is 38.1 Å². The lowest BCUT2D eigenvalue weighted by Crippen LogP contribution is -2.44. The summed E-state index contributed by atoms with van der Waals surface area (Å²) in [4.78, 5) is 48.0. The molecular weight excluding hydrogens is 392 g/mol. The van der Waals surface area contributed by atoms with Gasteiger partial charge in [0, 0.05) is 16.7 Å². The van der Waals surface area contributed by atoms with Crippen molar-refractivity contribution in [2.45, 2.75) is 41.5 Å². The van der Waals surface area contributed by atoms with E-state index in [2.05, 4.69) is 19.7 Å². The van der Waals surface area contributed by atoms with Crippen LogP contribution in [-0.2, 0) is 38.1 Å². The number of ether oxygens (including phenoxy) is 4. The molecule has 0 bridgehead atoms. The maximum atomic E-state index is 12.3. The minimum atomic E-state index is -1.35. The molecular formula is C22H32O8. The third kappa shape index (κ3) is 9.54. The number of carbonyl (C=O) groups excluding carboxylic acids is 4. The number of hydrogen-bond donors (Lipinski definition) is 0. The first-order chi connectivity index (χ1) is 13.6. The van der Waals surface area contributed by atoms with Crippen molar-refractivity contribution in [3.8, 4) is 0 Å². The highest BCUT2D eigenvalue weighted by Gasteiger charge is 2.39. The first-order valence-electron chi connectivity index (χ1n) is 9.26. The lowest BCUT2D eigenvalue weighted by Gasteiger charge is -2.32. The minimum Gasteiger partial charge on any atom is -0.464 e. The third-order valence-electron chi connectivity index (χ3n) is 3.70. The van der Waals surface area contributed by atoms with Crippen LogP contribution in [0.3, 0.4) is 0 Å². The van der Waals surface area contributed by atoms with Crippen LogP contribution in [0.4, 0.5) is 0 Å². The van der Waals surface area contributed by atoms with Crippen LogP contribution in [0.1, 0.15) is 41.5 Å². The van der Waals surface area contributed by atoms with Gasteiger partial charge in [-0.15, -0.1) is 0 Å². The van der Waals surface area contributed by atoms with E-state index in [0.29, 0.717) is 0 Å². The average molecular weight is 424 g/mol. The van der Waals surface area contributed by atoms with Crippen molar-refractivity contribution in [1.29, 1.82) is 0 Å². The van der Waals surface area contributed by atoms with E-state index in [9.17, 15) is 19.2 Å². The van der Waals surface area contributed by atoms with Gasteiger partial charge in [0.05, 0.1) is 5.41 Å². The van der Waals surface area contributed by atoms with Gasteiger partial charge in [-0.05, 0) is 41.5 Å². The van der Waals surface area contributed by atoms with Crippen molar-refractivity contribution >= 4 is 23.9 Å². The predicted octanol–water partition coefficient (Wildman–Crippen LogP) is 2.92. The van der Waals surface area contributed by atoms with E-state index < -0.39 is 34.7 Å². The van der Waals surface area contributed by atoms with E-state index in [4.69, 9.17) is 18.9 Å². The standard InChI is InChI=1S/C22H32O8/c1-14(2)17(23)27-10-22(11-28-18(24)15(3)4,12-29-19(25)16(5)6)13-30-20(26)21(7,8)9/h1,3,5,10-13H2,2,4,6-9H3. The van der Waals surface area contributed by atoms with Gasteiger partial charge in [0.1, 0.15) is 31.8 Å². The molecule has 0 saturated carbocycles. The highest BCUT2D eigenvalue weighted by atomic mass is 16.6. The maximum Gasteiger partial charge on any atom is 0.333 e. The average Bonchev–Trinajstić information content (AvgIpc) is 2.64. The molecule has 0 amide bonds. The molecule has 0 fully saturated rings. The number of carbonyl (C=O) groups is 4. The third-order valence-corrected chi connectivity index (χ3v) is 3.70. The molecule has 0 spiro atoms. The van der Waals surface area contributed by atoms with E-state index >= 15 is 0 Å². The van der Waals surface area contributed by atoms with E-state index in [0.717, 1.165) is 0 Å². The van der Waals surface area contributed by atoms with Gasteiger partial charge in [-0.3, -0.25) is 4.79 Å². The normalized spacial score (nSPS) is 11.1. The molecule has 0 aromatic heterocycles. The van der Waals surface area contributed by atoms with E-state index in [1.807, 2.05) is 0 Å². The lowest BCUT2D eigenvalue weighted by molar-refractivity contribution is -0.171. The van der Waals surface area contributed by atoms with Crippen molar-refractivity contribution in [2.75, 3.05) is 26.4 Å². The predicted molar refractivity (Wildman–Crippen MR) is 110 cm³/mol. The Labute approximate surface area is 177 Å². The van der Waals surface area contributed by atoms with Crippen molar-refractivity contribution in [2.24, 2.45) is 10.8 Å². The van der Waals surface area contributed by atoms with Crippen LogP contribution in [0.15, 0.2) is 36.5 Å². The fourth-order valence-corrected chi connectivity index (χ4v) is 1.71. The monoisotopic (exact) mass is 424 g/mol. The number of esters is 4. The molecule has 0 radical (unpaired) electrons. The fraction of sp³-hybridized carbons (Fsp3) is 0.545. The van der Waals surface area contributed by atoms with Crippen molar-refractivity contribution in [3.05, 3.63) is 36.5 Å². The molecule has 0 atom stereocenters. The summed E-state index contributed by atoms with van der Waals surface area (Å²) < 4.78 is 21.0. The summed E-state index contributed by atoms with van der Waals surface area (Å²) in [6.07, 6.45) is 0. The SMILES string of the molecule is C=C(C)C(=O)OCC(COC(=O)C(=C)C)(COC(=O)C(=C)C)COC(=O)C(C)(C)C. The molecule has 0 heterocycles. The summed E-state index contributed by atoms with van der Waals surface area (Å²) >= 11 is 0. The van der Waals surface area contributed by atoms with E-state index in [-0.39, 0.29) is 43.1 Å². The molecule has 0 aromatic carbocycles. The van der Waals surface area contributed by atoms with Gasteiger partial charge in [0.15, 0.2) is 0 Å². The minimum absolute atomic E-state index is 0.147. The highest BCUT2D eigenvalue weighted by molar-refractivity contribution is 5.88. The summed E-state index contributed by atoms with van der Waals surface area (Å²) in [5, 5.41) is 0. The smallest absolute Gasteiger partial charge is 0.333 e. The van der Waals surface area contributed by atoms with Crippen molar-refractivity contribution in [1.82, 2.24) is 0 Å². The lowest BCUT2D eigenvalue weighted by atomic mass is 9.91. The molecule has 0 N–H and O–H groups in total. The van der Waals surface area contributed by atoms with Crippen LogP contribution in [0.5, 0.6) is 0 Å². The number of rotatable bonds is 11. The first-order valence-corrected chi connectivity index (χ1v) is 9.26. The zero-order valence-corrected chi connectivity index (χ0v) is 18.7. The van der Waals surface area contributed by atoms with Crippen LogP contribution < -0.4 is 0 Å². The molecule has 0 aliphatic carbocycles. The van der Waals surface area contributed by atoms with Crippen LogP contribution in [0.25, 0.3) is 0 Å². The first kappa shape index (κ1) is 27.1. The fourth-order valence-electron chi connectivity index (χ4n) is 1.71. The summed E-state index contributed by atoms with van der Waals surface area (Å²) in [6, 6.07) is 0. The summed E-state index contributed by atoms with van der Waals surface area (Å²) in [7, 11) is 0. The van der Waals surface area contributed by atoms with Gasteiger partial charge in [-0.1, -0.05) is 19.7 Å². The zero-order valence-electron chi connectivity index (χ0n) is 18.7. The molecule has 8 nitrogen and oxygen atoms in total. The van der Waals surface area contributed by atoms with Gasteiger partial charge >= 0.3 is 23.9 Å². The van der Waals surface area contributed by atoms with Crippen LogP contribution >= 0.6 is 0 Å². The molecule has 30 heavy (non-hydrogen) atoms. The van der Waals surface area contributed by atoms with Gasteiger partial charge in [-0.2, -0.15) is 0 Å². The van der Waals surface area contributed by atoms with Gasteiger partial charge in [0.2, 0.25) is 0 Å². The second-order valence-electron chi connectivity index (χ2n) is 8.40. The Morgan fingerprint density at radius 3 is 1.10 bits per heavy atom. The second-order valence-corrected chi connectivity index (χ2v) is 8.40. The summed E-state index contributed by atoms with van der Waals surface area (Å²) in [5.74, 6) is -2.62. The molecule has 0 aliphatic heterocycles. The topological polar surface area (TPSA) is 105 Å². The molecule has 0 unspecified atom stereocenters. The Kier molecular flexibility index (Phi) is 10.2. The molecule has 168 valence electrons. The van der Waals surface area contributed by atoms with Crippen molar-refractivity contribution in [3.63, 3.8) is 0 Å². The second kappa shape index (κ2) is 11.3. The zero-order chi connectivity index (χ0) is 23.7. The molecule has 8 heteroatoms. The Morgan fingerprint density at radius 2 is 0.867 bits per heavy atom. The Hall–Kier alpha value is -2.90. The molecule has 0 rings (SSSR count). The summed E-state index contributed by atoms with van der Waals surface area (Å²) in [5.41, 5.74) is -1.71. The molecule has 0 aromatic rings. The largest absolute Gasteiger partial charge is 0.464 e. The van der Waals surface area contributed by atoms with Crippen LogP contribution in [0.2, 0.25) is 0 Å². The molecule has 0 saturated heterocycles. The summed E-state index contributed by atoms with van der Waals surface area (Å²) in [6.45, 7) is 18.5. The van der Waals surface area contributed by atoms with Crippen LogP contribution in [-0.4, -0.2) is 50.3 Å². The van der Waals surface area contributed by atoms with E-state index in [1.54, 1.807) is 20.8 Å².